The van der Waals surface area contributed by atoms with E-state index in [2.05, 4.69) is 96.7 Å². The third-order valence-corrected chi connectivity index (χ3v) is 25.7. The van der Waals surface area contributed by atoms with Crippen molar-refractivity contribution in [2.75, 3.05) is 89.0 Å². The molecule has 4 aromatic rings. The van der Waals surface area contributed by atoms with Gasteiger partial charge in [0.15, 0.2) is 38.4 Å². The van der Waals surface area contributed by atoms with Gasteiger partial charge in [-0.05, 0) is 89.9 Å². The molecule has 458 valence electrons. The fraction of sp³-hybridized carbons (Fsp3) is 0.760. The SMILES string of the molecule is CC(C)(C)[Si](C)(C)O[C@H]1[C@H]2OP(=O)([S-])OC[C@H]3O[C@@H](n4cc5c6c(ncnc64)SCCC5)[C@H](F)[C@@H]3OP([O-])(=S)OC[C@H]1O[C@H]2n1cnc2c(N)nc(NCCNC(=O)OCC[Si](C)(C)C)nc21.CC[NH+](CC)CC.CC[NH+](CC)CC. The number of alkyl halides is 1. The lowest BCUT2D eigenvalue weighted by molar-refractivity contribution is -0.894. The molecule has 2 unspecified atom stereocenters. The summed E-state index contributed by atoms with van der Waals surface area (Å²) in [6, 6.07) is 0.842. The van der Waals surface area contributed by atoms with Crippen molar-refractivity contribution in [2.24, 2.45) is 0 Å². The second-order valence-electron chi connectivity index (χ2n) is 23.1. The number of alkyl carbamates (subject to hydrolysis) is 1. The standard InChI is InChI=1S/C38H59FN10O11P2S3Si2.2C6H15N/c1-38(2,3)67(7,8)60-28-23-18-55-61(51,63)58-27-22(56-34(25(27)39)48-16-21-10-9-14-65-33-24(21)31(48)43-19-44-33)17-54-62(52,64)59-29(28)35(57-23)49-20-45-26-30(40)46-36(47-32(26)49)41-11-12-42-37(50)53-13-15-66(4,5)6;2*1-4-7(5-2)6-3/h16,19-20,22-23,25,27-29,34-35H,9-15,17-18H2,1-8H3,(H,42,50)(H,51,63)(H,52,64)(H3,40,41,46,47);2*4-6H2,1-3H3/t22-,23-,25-,27-,28-,29-,34-,35-,61?,62?;;/m1../s1. The van der Waals surface area contributed by atoms with Crippen molar-refractivity contribution in [2.45, 2.75) is 173 Å². The Labute approximate surface area is 494 Å². The number of fused-ring (bicyclic) bond motifs is 4. The van der Waals surface area contributed by atoms with Gasteiger partial charge in [-0.2, -0.15) is 9.97 Å². The average molecular weight is 1270 g/mol. The van der Waals surface area contributed by atoms with Crippen LogP contribution in [0.4, 0.5) is 21.0 Å². The summed E-state index contributed by atoms with van der Waals surface area (Å²) < 4.78 is 83.5. The smallest absolute Gasteiger partial charge is 0.407 e. The Morgan fingerprint density at radius 3 is 2.17 bits per heavy atom. The number of aryl methyl sites for hydroxylation is 1. The van der Waals surface area contributed by atoms with Crippen LogP contribution < -0.4 is 31.1 Å². The number of nitrogens with one attached hydrogen (secondary N) is 4. The Kier molecular flexibility index (Phi) is 24.5. The van der Waals surface area contributed by atoms with E-state index in [-0.39, 0.29) is 41.1 Å². The minimum absolute atomic E-state index is 0.0210. The van der Waals surface area contributed by atoms with E-state index in [1.807, 2.05) is 33.9 Å². The lowest BCUT2D eigenvalue weighted by Gasteiger charge is -2.41. The maximum atomic E-state index is 16.9. The third-order valence-electron chi connectivity index (χ3n) is 15.3. The summed E-state index contributed by atoms with van der Waals surface area (Å²) in [5, 5.41) is 6.98. The molecular weight excluding hydrogens is 1180 g/mol. The Balaban J connectivity index is 0.000000669. The number of aromatic nitrogens is 7. The zero-order valence-corrected chi connectivity index (χ0v) is 55.9. The quantitative estimate of drug-likeness (QED) is 0.0275. The molecule has 3 fully saturated rings. The molecule has 4 aliphatic rings. The first-order valence-electron chi connectivity index (χ1n) is 28.3. The van der Waals surface area contributed by atoms with Crippen LogP contribution in [0, 0.1) is 0 Å². The van der Waals surface area contributed by atoms with Crippen LogP contribution in [0.1, 0.15) is 86.8 Å². The lowest BCUT2D eigenvalue weighted by Crippen LogP contribution is -3.11. The van der Waals surface area contributed by atoms with Crippen LogP contribution in [0.15, 0.2) is 23.9 Å². The number of thioether (sulfide) groups is 1. The van der Waals surface area contributed by atoms with E-state index in [1.165, 1.54) is 56.5 Å². The zero-order chi connectivity index (χ0) is 59.7. The summed E-state index contributed by atoms with van der Waals surface area (Å²) in [6.45, 7) is 28.1. The topological polar surface area (TPSA) is 264 Å². The fourth-order valence-corrected chi connectivity index (χ4v) is 15.1. The average Bonchev–Trinajstić information content (AvgIpc) is 4.33. The van der Waals surface area contributed by atoms with Crippen molar-refractivity contribution in [3.8, 4) is 0 Å². The summed E-state index contributed by atoms with van der Waals surface area (Å²) >= 11 is 12.6. The van der Waals surface area contributed by atoms with Gasteiger partial charge in [0, 0.05) is 27.4 Å². The fourth-order valence-electron chi connectivity index (χ4n) is 9.30. The van der Waals surface area contributed by atoms with E-state index >= 15 is 4.39 Å². The maximum Gasteiger partial charge on any atom is 0.407 e. The van der Waals surface area contributed by atoms with Gasteiger partial charge in [0.05, 0.1) is 70.8 Å². The van der Waals surface area contributed by atoms with Crippen LogP contribution in [0.5, 0.6) is 0 Å². The summed E-state index contributed by atoms with van der Waals surface area (Å²) in [5.41, 5.74) is 8.15. The number of imidazole rings is 1. The van der Waals surface area contributed by atoms with Gasteiger partial charge < -0.3 is 84.6 Å². The zero-order valence-electron chi connectivity index (χ0n) is 49.7. The number of amides is 1. The molecule has 10 atom stereocenters. The van der Waals surface area contributed by atoms with E-state index in [9.17, 15) is 14.3 Å². The van der Waals surface area contributed by atoms with E-state index in [1.54, 1.807) is 32.3 Å². The second-order valence-corrected chi connectivity index (χ2v) is 40.0. The molecule has 0 radical (unpaired) electrons. The molecule has 2 bridgehead atoms. The highest BCUT2D eigenvalue weighted by atomic mass is 32.7. The first-order valence-corrected chi connectivity index (χ1v) is 41.0. The van der Waals surface area contributed by atoms with E-state index in [4.69, 9.17) is 66.5 Å². The Hall–Kier alpha value is -2.42. The van der Waals surface area contributed by atoms with Crippen molar-refractivity contribution in [3.05, 3.63) is 24.4 Å². The van der Waals surface area contributed by atoms with Crippen LogP contribution in [0.2, 0.25) is 43.8 Å². The Morgan fingerprint density at radius 2 is 1.56 bits per heavy atom. The molecule has 0 aromatic carbocycles. The van der Waals surface area contributed by atoms with Crippen molar-refractivity contribution in [1.82, 2.24) is 39.4 Å². The van der Waals surface area contributed by atoms with Crippen LogP contribution >= 0.6 is 25.3 Å². The number of hydrogen-bond acceptors (Lipinski definition) is 21. The lowest BCUT2D eigenvalue weighted by atomic mass is 10.1. The van der Waals surface area contributed by atoms with Gasteiger partial charge in [-0.15, -0.1) is 11.8 Å². The molecule has 3 saturated heterocycles. The molecule has 6 N–H and O–H groups in total. The molecule has 4 aromatic heterocycles. The van der Waals surface area contributed by atoms with Crippen LogP contribution in [0.25, 0.3) is 22.2 Å². The number of quaternary nitrogens is 2. The minimum Gasteiger partial charge on any atom is -0.780 e. The van der Waals surface area contributed by atoms with E-state index < -0.39 is 98.4 Å². The third kappa shape index (κ3) is 17.8. The molecule has 31 heteroatoms. The number of ether oxygens (including phenoxy) is 3. The summed E-state index contributed by atoms with van der Waals surface area (Å²) in [5.74, 6) is 0.991. The van der Waals surface area contributed by atoms with Crippen molar-refractivity contribution in [3.63, 3.8) is 0 Å². The predicted octanol–water partition coefficient (Wildman–Crippen LogP) is 5.81. The van der Waals surface area contributed by atoms with Gasteiger partial charge in [-0.1, -0.05) is 52.2 Å². The second kappa shape index (κ2) is 29.3. The van der Waals surface area contributed by atoms with Crippen LogP contribution in [-0.4, -0.2) is 171 Å². The van der Waals surface area contributed by atoms with Gasteiger partial charge in [-0.25, -0.2) is 24.1 Å². The minimum atomic E-state index is -4.57. The molecule has 4 aliphatic heterocycles. The number of nitrogens with two attached hydrogens (primary N) is 1. The highest BCUT2D eigenvalue weighted by Crippen LogP contribution is 2.55. The molecule has 1 amide bonds. The normalized spacial score (nSPS) is 27.3. The van der Waals surface area contributed by atoms with Gasteiger partial charge in [-0.3, -0.25) is 9.13 Å². The van der Waals surface area contributed by atoms with Crippen molar-refractivity contribution >= 4 is 106 Å². The first kappa shape index (κ1) is 67.7. The van der Waals surface area contributed by atoms with E-state index in [0.717, 1.165) is 34.2 Å². The number of halogens is 1. The summed E-state index contributed by atoms with van der Waals surface area (Å²) in [6.07, 6.45) is -5.40. The number of nitrogens with zero attached hydrogens (tertiary/aromatic N) is 7. The highest BCUT2D eigenvalue weighted by Gasteiger charge is 2.55. The molecule has 0 aliphatic carbocycles. The molecule has 23 nitrogen and oxygen atoms in total. The van der Waals surface area contributed by atoms with Gasteiger partial charge >= 0.3 is 6.09 Å². The number of carbonyl (C=O) groups excluding carboxylic acids is 1. The molecule has 0 saturated carbocycles. The predicted molar refractivity (Wildman–Crippen MR) is 323 cm³/mol. The summed E-state index contributed by atoms with van der Waals surface area (Å²) in [4.78, 5) is 52.2. The number of nitrogen functional groups attached to an aromatic ring is 1. The number of rotatable bonds is 17. The van der Waals surface area contributed by atoms with Crippen LogP contribution in [0.3, 0.4) is 0 Å². The Bertz CT molecular complexity index is 2770. The maximum absolute atomic E-state index is 16.9. The van der Waals surface area contributed by atoms with Crippen molar-refractivity contribution < 1.29 is 65.2 Å². The van der Waals surface area contributed by atoms with Crippen molar-refractivity contribution in [1.29, 1.82) is 0 Å². The molecule has 8 rings (SSSR count). The largest absolute Gasteiger partial charge is 0.780 e. The van der Waals surface area contributed by atoms with Gasteiger partial charge in [0.25, 0.3) is 0 Å². The molecule has 0 spiro atoms. The number of hydrogen-bond donors (Lipinski definition) is 5. The molecule has 8 heterocycles. The van der Waals surface area contributed by atoms with E-state index in [0.29, 0.717) is 18.7 Å². The number of carbonyl (C=O) groups is 1. The van der Waals surface area contributed by atoms with Gasteiger partial charge in [0.2, 0.25) is 12.7 Å². The van der Waals surface area contributed by atoms with Crippen LogP contribution in [-0.2, 0) is 71.8 Å². The first-order chi connectivity index (χ1) is 38.1. The summed E-state index contributed by atoms with van der Waals surface area (Å²) in [7, 11) is -4.12. The molecule has 81 heavy (non-hydrogen) atoms. The number of anilines is 2. The monoisotopic (exact) mass is 1270 g/mol. The van der Waals surface area contributed by atoms with Gasteiger partial charge in [0.1, 0.15) is 59.8 Å². The highest BCUT2D eigenvalue weighted by molar-refractivity contribution is 8.32. The molecular formula is C50H89FN12O11P2S3Si2. The Morgan fingerprint density at radius 1 is 0.914 bits per heavy atom.